The lowest BCUT2D eigenvalue weighted by atomic mass is 10.3. The van der Waals surface area contributed by atoms with E-state index in [2.05, 4.69) is 14.9 Å². The summed E-state index contributed by atoms with van der Waals surface area (Å²) in [5.74, 6) is 0.943. The molecule has 2 heterocycles. The first kappa shape index (κ1) is 8.44. The maximum Gasteiger partial charge on any atom is 0.147 e. The fourth-order valence-electron chi connectivity index (χ4n) is 1.54. The first-order chi connectivity index (χ1) is 6.25. The van der Waals surface area contributed by atoms with Gasteiger partial charge in [0.25, 0.3) is 0 Å². The number of anilines is 1. The molecule has 0 amide bonds. The molecule has 2 rings (SSSR count). The largest absolute Gasteiger partial charge is 0.354 e. The van der Waals surface area contributed by atoms with Crippen LogP contribution < -0.4 is 10.6 Å². The molecule has 1 aliphatic heterocycles. The van der Waals surface area contributed by atoms with E-state index in [4.69, 9.17) is 5.73 Å². The summed E-state index contributed by atoms with van der Waals surface area (Å²) in [6.07, 6.45) is 4.65. The van der Waals surface area contributed by atoms with E-state index >= 15 is 0 Å². The van der Waals surface area contributed by atoms with Crippen molar-refractivity contribution in [2.75, 3.05) is 18.0 Å². The van der Waals surface area contributed by atoms with E-state index in [9.17, 15) is 0 Å². The zero-order valence-corrected chi connectivity index (χ0v) is 7.77. The van der Waals surface area contributed by atoms with Crippen molar-refractivity contribution >= 4 is 5.82 Å². The lowest BCUT2D eigenvalue weighted by molar-refractivity contribution is 0.751. The summed E-state index contributed by atoms with van der Waals surface area (Å²) in [4.78, 5) is 10.7. The summed E-state index contributed by atoms with van der Waals surface area (Å²) in [6, 6.07) is 0.295. The summed E-state index contributed by atoms with van der Waals surface area (Å²) in [6.45, 7) is 3.84. The zero-order valence-electron chi connectivity index (χ0n) is 7.77. The number of nitrogens with zero attached hydrogens (tertiary/aromatic N) is 3. The van der Waals surface area contributed by atoms with Crippen LogP contribution in [0.5, 0.6) is 0 Å². The van der Waals surface area contributed by atoms with Gasteiger partial charge in [-0.25, -0.2) is 4.98 Å². The highest BCUT2D eigenvalue weighted by Crippen LogP contribution is 2.15. The van der Waals surface area contributed by atoms with Gasteiger partial charge in [0.15, 0.2) is 0 Å². The van der Waals surface area contributed by atoms with E-state index < -0.39 is 0 Å². The van der Waals surface area contributed by atoms with Gasteiger partial charge in [-0.15, -0.1) is 0 Å². The van der Waals surface area contributed by atoms with Crippen molar-refractivity contribution in [1.82, 2.24) is 9.97 Å². The lowest BCUT2D eigenvalue weighted by Crippen LogP contribution is -2.26. The van der Waals surface area contributed by atoms with Crippen LogP contribution in [0.25, 0.3) is 0 Å². The molecule has 0 unspecified atom stereocenters. The van der Waals surface area contributed by atoms with Crippen LogP contribution in [0.3, 0.4) is 0 Å². The molecule has 2 N–H and O–H groups in total. The Morgan fingerprint density at radius 1 is 1.46 bits per heavy atom. The van der Waals surface area contributed by atoms with Crippen LogP contribution in [-0.4, -0.2) is 29.1 Å². The van der Waals surface area contributed by atoms with Gasteiger partial charge in [0, 0.05) is 19.1 Å². The smallest absolute Gasteiger partial charge is 0.147 e. The Bertz CT molecular complexity index is 282. The highest BCUT2D eigenvalue weighted by atomic mass is 15.2. The second-order valence-corrected chi connectivity index (χ2v) is 3.51. The van der Waals surface area contributed by atoms with Crippen LogP contribution in [0.1, 0.15) is 12.1 Å². The monoisotopic (exact) mass is 178 g/mol. The fraction of sp³-hybridized carbons (Fsp3) is 0.556. The van der Waals surface area contributed by atoms with Gasteiger partial charge in [0.05, 0.1) is 18.1 Å². The molecule has 4 nitrogen and oxygen atoms in total. The van der Waals surface area contributed by atoms with Crippen LogP contribution >= 0.6 is 0 Å². The molecule has 0 radical (unpaired) electrons. The summed E-state index contributed by atoms with van der Waals surface area (Å²) in [5, 5.41) is 0. The minimum absolute atomic E-state index is 0.295. The average Bonchev–Trinajstić information content (AvgIpc) is 2.53. The molecular weight excluding hydrogens is 164 g/mol. The number of hydrogen-bond acceptors (Lipinski definition) is 4. The van der Waals surface area contributed by atoms with Crippen molar-refractivity contribution in [3.05, 3.63) is 18.1 Å². The number of hydrogen-bond donors (Lipinski definition) is 1. The Morgan fingerprint density at radius 3 is 2.85 bits per heavy atom. The van der Waals surface area contributed by atoms with E-state index in [1.807, 2.05) is 13.1 Å². The van der Waals surface area contributed by atoms with Gasteiger partial charge in [-0.1, -0.05) is 0 Å². The SMILES string of the molecule is Cc1cnc(N2CC[C@@H](N)C2)cn1. The number of rotatable bonds is 1. The molecule has 1 saturated heterocycles. The number of aryl methyl sites for hydroxylation is 1. The molecule has 1 aromatic rings. The van der Waals surface area contributed by atoms with Gasteiger partial charge in [-0.2, -0.15) is 0 Å². The van der Waals surface area contributed by atoms with Crippen LogP contribution in [0.15, 0.2) is 12.4 Å². The zero-order chi connectivity index (χ0) is 9.26. The molecular formula is C9H14N4. The van der Waals surface area contributed by atoms with Crippen molar-refractivity contribution in [2.45, 2.75) is 19.4 Å². The third kappa shape index (κ3) is 1.78. The van der Waals surface area contributed by atoms with Crippen LogP contribution in [-0.2, 0) is 0 Å². The Hall–Kier alpha value is -1.16. The highest BCUT2D eigenvalue weighted by molar-refractivity contribution is 5.37. The molecule has 70 valence electrons. The summed E-state index contributed by atoms with van der Waals surface area (Å²) in [5.41, 5.74) is 6.75. The minimum Gasteiger partial charge on any atom is -0.354 e. The van der Waals surface area contributed by atoms with Gasteiger partial charge in [0.2, 0.25) is 0 Å². The molecule has 1 aromatic heterocycles. The van der Waals surface area contributed by atoms with E-state index in [1.165, 1.54) is 0 Å². The van der Waals surface area contributed by atoms with Gasteiger partial charge < -0.3 is 10.6 Å². The standard InChI is InChI=1S/C9H14N4/c1-7-4-12-9(5-11-7)13-3-2-8(10)6-13/h4-5,8H,2-3,6,10H2,1H3/t8-/m1/s1. The quantitative estimate of drug-likeness (QED) is 0.673. The predicted octanol–water partition coefficient (Wildman–Crippen LogP) is 0.322. The Morgan fingerprint density at radius 2 is 2.31 bits per heavy atom. The van der Waals surface area contributed by atoms with Crippen molar-refractivity contribution in [1.29, 1.82) is 0 Å². The Labute approximate surface area is 77.8 Å². The summed E-state index contributed by atoms with van der Waals surface area (Å²) < 4.78 is 0. The molecule has 13 heavy (non-hydrogen) atoms. The van der Waals surface area contributed by atoms with E-state index in [0.29, 0.717) is 6.04 Å². The summed E-state index contributed by atoms with van der Waals surface area (Å²) >= 11 is 0. The summed E-state index contributed by atoms with van der Waals surface area (Å²) in [7, 11) is 0. The highest BCUT2D eigenvalue weighted by Gasteiger charge is 2.19. The maximum atomic E-state index is 5.80. The normalized spacial score (nSPS) is 22.3. The van der Waals surface area contributed by atoms with Crippen LogP contribution in [0.2, 0.25) is 0 Å². The molecule has 0 bridgehead atoms. The van der Waals surface area contributed by atoms with Crippen molar-refractivity contribution < 1.29 is 0 Å². The van der Waals surface area contributed by atoms with E-state index in [0.717, 1.165) is 31.0 Å². The average molecular weight is 178 g/mol. The first-order valence-electron chi connectivity index (χ1n) is 4.55. The maximum absolute atomic E-state index is 5.80. The van der Waals surface area contributed by atoms with E-state index in [1.54, 1.807) is 6.20 Å². The molecule has 1 fully saturated rings. The van der Waals surface area contributed by atoms with Crippen LogP contribution in [0.4, 0.5) is 5.82 Å². The minimum atomic E-state index is 0.295. The molecule has 4 heteroatoms. The molecule has 0 aromatic carbocycles. The molecule has 0 saturated carbocycles. The molecule has 1 aliphatic rings. The topological polar surface area (TPSA) is 55.0 Å². The molecule has 0 spiro atoms. The predicted molar refractivity (Wildman–Crippen MR) is 51.6 cm³/mol. The van der Waals surface area contributed by atoms with Crippen molar-refractivity contribution in [2.24, 2.45) is 5.73 Å². The van der Waals surface area contributed by atoms with Gasteiger partial charge in [-0.05, 0) is 13.3 Å². The van der Waals surface area contributed by atoms with Crippen molar-refractivity contribution in [3.63, 3.8) is 0 Å². The lowest BCUT2D eigenvalue weighted by Gasteiger charge is -2.15. The first-order valence-corrected chi connectivity index (χ1v) is 4.55. The molecule has 1 atom stereocenters. The van der Waals surface area contributed by atoms with Gasteiger partial charge in [-0.3, -0.25) is 4.98 Å². The van der Waals surface area contributed by atoms with Gasteiger partial charge in [0.1, 0.15) is 5.82 Å². The second-order valence-electron chi connectivity index (χ2n) is 3.51. The number of nitrogens with two attached hydrogens (primary N) is 1. The third-order valence-corrected chi connectivity index (χ3v) is 2.32. The molecule has 0 aliphatic carbocycles. The number of aromatic nitrogens is 2. The van der Waals surface area contributed by atoms with Crippen molar-refractivity contribution in [3.8, 4) is 0 Å². The fourth-order valence-corrected chi connectivity index (χ4v) is 1.54. The van der Waals surface area contributed by atoms with E-state index in [-0.39, 0.29) is 0 Å². The second kappa shape index (κ2) is 3.30. The van der Waals surface area contributed by atoms with Gasteiger partial charge >= 0.3 is 0 Å². The Kier molecular flexibility index (Phi) is 2.14. The third-order valence-electron chi connectivity index (χ3n) is 2.32. The Balaban J connectivity index is 2.13. The van der Waals surface area contributed by atoms with Crippen LogP contribution in [0, 0.1) is 6.92 Å².